The number of esters is 4. The quantitative estimate of drug-likeness (QED) is 0.0222. The zero-order chi connectivity index (χ0) is 79.9. The molecular weight excluding hydrogens is 1410 g/mol. The molecule has 109 heavy (non-hydrogen) atoms. The second-order valence-electron chi connectivity index (χ2n) is 33.1. The third kappa shape index (κ3) is 82.4. The van der Waals surface area contributed by atoms with Crippen LogP contribution in [0.3, 0.4) is 0 Å². The number of phosphoric acid groups is 2. The van der Waals surface area contributed by atoms with Gasteiger partial charge in [-0.1, -0.05) is 433 Å². The maximum Gasteiger partial charge on any atom is 0.472 e. The number of ether oxygens (including phenoxy) is 4. The predicted octanol–water partition coefficient (Wildman–Crippen LogP) is 27.8. The fraction of sp³-hybridized carbons (Fsp3) is 0.956. The van der Waals surface area contributed by atoms with Gasteiger partial charge in [0.15, 0.2) is 12.2 Å². The Kier molecular flexibility index (Phi) is 79.8. The monoisotopic (exact) mass is 1590 g/mol. The lowest BCUT2D eigenvalue weighted by Crippen LogP contribution is -2.30. The summed E-state index contributed by atoms with van der Waals surface area (Å²) in [6.07, 6.45) is 75.0. The molecule has 3 N–H and O–H groups in total. The lowest BCUT2D eigenvalue weighted by molar-refractivity contribution is -0.161. The molecule has 0 radical (unpaired) electrons. The summed E-state index contributed by atoms with van der Waals surface area (Å²) >= 11 is 0. The Balaban J connectivity index is 5.23. The topological polar surface area (TPSA) is 237 Å². The standard InChI is InChI=1S/C90H176O17P2/c1-7-10-12-14-16-18-20-21-22-23-24-25-26-27-28-31-38-44-50-56-62-68-74-89(94)107-86(79-101-88(93)73-67-61-55-49-43-37-32-29-30-35-41-46-52-58-64-70-82(4)5)81-105-109(98,99)103-77-84(91)76-102-108(96,97)104-80-85(78-100-87(92)72-66-60-54-48-40-19-17-15-13-11-8-2)106-90(95)75-69-63-57-51-45-39-34-33-36-42-47-53-59-65-71-83(6)9-3/h82-86,91H,7-81H2,1-6H3,(H,96,97)(H,98,99)/t83?,84-,85+,86+/m0/s1. The Hall–Kier alpha value is -1.94. The number of unbranched alkanes of at least 4 members (excludes halogenated alkanes) is 58. The first kappa shape index (κ1) is 107. The van der Waals surface area contributed by atoms with Crippen LogP contribution in [0.15, 0.2) is 0 Å². The number of aliphatic hydroxyl groups excluding tert-OH is 1. The molecule has 0 aromatic rings. The van der Waals surface area contributed by atoms with Crippen molar-refractivity contribution >= 4 is 39.5 Å². The second kappa shape index (κ2) is 81.2. The van der Waals surface area contributed by atoms with Gasteiger partial charge in [0.25, 0.3) is 0 Å². The molecule has 0 amide bonds. The lowest BCUT2D eigenvalue weighted by Gasteiger charge is -2.21. The van der Waals surface area contributed by atoms with Gasteiger partial charge in [-0.15, -0.1) is 0 Å². The number of rotatable bonds is 89. The highest BCUT2D eigenvalue weighted by molar-refractivity contribution is 7.47. The zero-order valence-corrected chi connectivity index (χ0v) is 73.7. The van der Waals surface area contributed by atoms with Crippen molar-refractivity contribution in [1.29, 1.82) is 0 Å². The van der Waals surface area contributed by atoms with Gasteiger partial charge in [-0.2, -0.15) is 0 Å². The molecule has 648 valence electrons. The SMILES string of the molecule is CCCCCCCCCCCCCCCCCCCCCCCCC(=O)O[C@H](COC(=O)CCCCCCCCCCCCCCCCCC(C)C)COP(=O)(O)OC[C@@H](O)COP(=O)(O)OC[C@@H](COC(=O)CCCCCCCCCCCCC)OC(=O)CCCCCCCCCCCCCCCCC(C)CC. The fourth-order valence-corrected chi connectivity index (χ4v) is 15.7. The van der Waals surface area contributed by atoms with E-state index in [1.54, 1.807) is 0 Å². The predicted molar refractivity (Wildman–Crippen MR) is 451 cm³/mol. The minimum atomic E-state index is -4.97. The summed E-state index contributed by atoms with van der Waals surface area (Å²) in [5, 5.41) is 10.7. The van der Waals surface area contributed by atoms with Crippen molar-refractivity contribution in [3.8, 4) is 0 Å². The molecule has 0 rings (SSSR count). The zero-order valence-electron chi connectivity index (χ0n) is 71.9. The summed E-state index contributed by atoms with van der Waals surface area (Å²) in [5.74, 6) is -0.444. The Morgan fingerprint density at radius 1 is 0.266 bits per heavy atom. The van der Waals surface area contributed by atoms with E-state index < -0.39 is 97.5 Å². The summed E-state index contributed by atoms with van der Waals surface area (Å²) in [4.78, 5) is 73.4. The fourth-order valence-electron chi connectivity index (χ4n) is 14.1. The van der Waals surface area contributed by atoms with Crippen molar-refractivity contribution < 1.29 is 80.2 Å². The van der Waals surface area contributed by atoms with Crippen LogP contribution in [-0.4, -0.2) is 96.7 Å². The minimum Gasteiger partial charge on any atom is -0.462 e. The normalized spacial score (nSPS) is 14.0. The van der Waals surface area contributed by atoms with E-state index in [-0.39, 0.29) is 25.7 Å². The highest BCUT2D eigenvalue weighted by atomic mass is 31.2. The van der Waals surface area contributed by atoms with Crippen molar-refractivity contribution in [3.05, 3.63) is 0 Å². The van der Waals surface area contributed by atoms with Crippen molar-refractivity contribution in [2.24, 2.45) is 11.8 Å². The molecular formula is C90H176O17P2. The summed E-state index contributed by atoms with van der Waals surface area (Å²) in [6.45, 7) is 9.77. The molecule has 17 nitrogen and oxygen atoms in total. The average molecular weight is 1590 g/mol. The molecule has 6 atom stereocenters. The van der Waals surface area contributed by atoms with E-state index in [1.165, 1.54) is 302 Å². The van der Waals surface area contributed by atoms with Crippen LogP contribution in [0, 0.1) is 11.8 Å². The van der Waals surface area contributed by atoms with Crippen molar-refractivity contribution in [2.75, 3.05) is 39.6 Å². The largest absolute Gasteiger partial charge is 0.472 e. The Morgan fingerprint density at radius 3 is 0.697 bits per heavy atom. The first-order valence-electron chi connectivity index (χ1n) is 46.5. The lowest BCUT2D eigenvalue weighted by atomic mass is 9.99. The van der Waals surface area contributed by atoms with E-state index in [0.717, 1.165) is 102 Å². The molecule has 0 aliphatic rings. The number of aliphatic hydroxyl groups is 1. The molecule has 0 saturated carbocycles. The molecule has 0 spiro atoms. The highest BCUT2D eigenvalue weighted by Gasteiger charge is 2.31. The van der Waals surface area contributed by atoms with Gasteiger partial charge in [-0.05, 0) is 37.5 Å². The van der Waals surface area contributed by atoms with E-state index in [2.05, 4.69) is 41.5 Å². The van der Waals surface area contributed by atoms with Crippen LogP contribution < -0.4 is 0 Å². The van der Waals surface area contributed by atoms with Gasteiger partial charge in [-0.25, -0.2) is 9.13 Å². The Morgan fingerprint density at radius 2 is 0.468 bits per heavy atom. The average Bonchev–Trinajstić information content (AvgIpc) is 0.899. The van der Waals surface area contributed by atoms with Gasteiger partial charge >= 0.3 is 39.5 Å². The third-order valence-corrected chi connectivity index (χ3v) is 23.5. The van der Waals surface area contributed by atoms with Crippen LogP contribution in [0.5, 0.6) is 0 Å². The number of hydrogen-bond acceptors (Lipinski definition) is 15. The molecule has 3 unspecified atom stereocenters. The number of phosphoric ester groups is 2. The Bertz CT molecular complexity index is 2080. The summed E-state index contributed by atoms with van der Waals surface area (Å²) in [7, 11) is -9.93. The molecule has 0 bridgehead atoms. The second-order valence-corrected chi connectivity index (χ2v) is 36.0. The van der Waals surface area contributed by atoms with E-state index >= 15 is 0 Å². The number of hydrogen-bond donors (Lipinski definition) is 3. The van der Waals surface area contributed by atoms with Gasteiger partial charge in [0.05, 0.1) is 26.4 Å². The highest BCUT2D eigenvalue weighted by Crippen LogP contribution is 2.45. The van der Waals surface area contributed by atoms with Gasteiger partial charge in [0, 0.05) is 25.7 Å². The van der Waals surface area contributed by atoms with Gasteiger partial charge in [0.1, 0.15) is 19.3 Å². The molecule has 19 heteroatoms. The summed E-state index contributed by atoms with van der Waals surface area (Å²) in [6, 6.07) is 0. The van der Waals surface area contributed by atoms with Crippen LogP contribution in [0.25, 0.3) is 0 Å². The molecule has 0 aromatic heterocycles. The van der Waals surface area contributed by atoms with Crippen molar-refractivity contribution in [2.45, 2.75) is 503 Å². The summed E-state index contributed by atoms with van der Waals surface area (Å²) in [5.41, 5.74) is 0. The molecule has 0 fully saturated rings. The van der Waals surface area contributed by atoms with Crippen LogP contribution >= 0.6 is 15.6 Å². The van der Waals surface area contributed by atoms with Crippen molar-refractivity contribution in [1.82, 2.24) is 0 Å². The number of carbonyl (C=O) groups is 4. The maximum absolute atomic E-state index is 13.2. The minimum absolute atomic E-state index is 0.108. The van der Waals surface area contributed by atoms with E-state index in [9.17, 15) is 43.2 Å². The maximum atomic E-state index is 13.2. The van der Waals surface area contributed by atoms with Crippen LogP contribution in [0.4, 0.5) is 0 Å². The first-order chi connectivity index (χ1) is 52.9. The van der Waals surface area contributed by atoms with E-state index in [4.69, 9.17) is 37.0 Å². The van der Waals surface area contributed by atoms with Crippen LogP contribution in [-0.2, 0) is 65.4 Å². The van der Waals surface area contributed by atoms with E-state index in [0.29, 0.717) is 25.7 Å². The molecule has 0 aliphatic heterocycles. The van der Waals surface area contributed by atoms with Gasteiger partial charge < -0.3 is 33.8 Å². The first-order valence-corrected chi connectivity index (χ1v) is 49.5. The van der Waals surface area contributed by atoms with Gasteiger partial charge in [-0.3, -0.25) is 37.3 Å². The third-order valence-electron chi connectivity index (χ3n) is 21.6. The summed E-state index contributed by atoms with van der Waals surface area (Å²) < 4.78 is 69.0. The smallest absolute Gasteiger partial charge is 0.462 e. The van der Waals surface area contributed by atoms with Crippen molar-refractivity contribution in [3.63, 3.8) is 0 Å². The molecule has 0 aliphatic carbocycles. The van der Waals surface area contributed by atoms with E-state index in [1.807, 2.05) is 0 Å². The Labute approximate surface area is 670 Å². The van der Waals surface area contributed by atoms with Crippen LogP contribution in [0.2, 0.25) is 0 Å². The molecule has 0 heterocycles. The number of carbonyl (C=O) groups excluding carboxylic acids is 4. The van der Waals surface area contributed by atoms with Crippen LogP contribution in [0.1, 0.15) is 485 Å². The van der Waals surface area contributed by atoms with Gasteiger partial charge in [0.2, 0.25) is 0 Å². The molecule has 0 saturated heterocycles. The molecule has 0 aromatic carbocycles.